The topological polar surface area (TPSA) is 38.9 Å². The van der Waals surface area contributed by atoms with Crippen molar-refractivity contribution in [3.8, 4) is 0 Å². The Balaban J connectivity index is 2.14. The highest BCUT2D eigenvalue weighted by Crippen LogP contribution is 2.36. The highest BCUT2D eigenvalue weighted by molar-refractivity contribution is 7.99. The van der Waals surface area contributed by atoms with E-state index in [1.54, 1.807) is 0 Å². The largest absolute Gasteiger partial charge is 0.416 e. The summed E-state index contributed by atoms with van der Waals surface area (Å²) in [6.45, 7) is 0. The van der Waals surface area contributed by atoms with Gasteiger partial charge in [-0.25, -0.2) is 4.98 Å². The lowest BCUT2D eigenvalue weighted by Gasteiger charge is -2.20. The van der Waals surface area contributed by atoms with E-state index in [0.717, 1.165) is 37.8 Å². The summed E-state index contributed by atoms with van der Waals surface area (Å²) in [6, 6.07) is 1.97. The summed E-state index contributed by atoms with van der Waals surface area (Å²) in [5.74, 6) is -0.0665. The summed E-state index contributed by atoms with van der Waals surface area (Å²) < 4.78 is 37.9. The van der Waals surface area contributed by atoms with Crippen molar-refractivity contribution in [2.45, 2.75) is 48.6 Å². The molecule has 0 atom stereocenters. The van der Waals surface area contributed by atoms with Crippen LogP contribution in [0.2, 0.25) is 0 Å². The molecule has 0 unspecified atom stereocenters. The van der Waals surface area contributed by atoms with Crippen molar-refractivity contribution in [1.29, 1.82) is 0 Å². The van der Waals surface area contributed by atoms with Crippen molar-refractivity contribution in [3.05, 3.63) is 17.7 Å². The Kier molecular flexibility index (Phi) is 4.04. The number of pyridine rings is 1. The van der Waals surface area contributed by atoms with Crippen LogP contribution in [0.5, 0.6) is 0 Å². The molecule has 1 aliphatic rings. The van der Waals surface area contributed by atoms with E-state index in [1.807, 2.05) is 0 Å². The Morgan fingerprint density at radius 3 is 2.44 bits per heavy atom. The molecular formula is C12H15F3N2S. The molecule has 0 radical (unpaired) electrons. The van der Waals surface area contributed by atoms with Crippen molar-refractivity contribution in [2.75, 3.05) is 5.73 Å². The molecule has 18 heavy (non-hydrogen) atoms. The van der Waals surface area contributed by atoms with Crippen molar-refractivity contribution in [2.24, 2.45) is 0 Å². The van der Waals surface area contributed by atoms with E-state index in [0.29, 0.717) is 10.3 Å². The molecule has 2 nitrogen and oxygen atoms in total. The number of halogens is 3. The second-order valence-corrected chi connectivity index (χ2v) is 5.82. The van der Waals surface area contributed by atoms with E-state index >= 15 is 0 Å². The number of alkyl halides is 3. The fraction of sp³-hybridized carbons (Fsp3) is 0.583. The Hall–Kier alpha value is -0.910. The van der Waals surface area contributed by atoms with Gasteiger partial charge >= 0.3 is 6.18 Å². The van der Waals surface area contributed by atoms with Gasteiger partial charge in [0.05, 0.1) is 10.6 Å². The number of nitrogens with zero attached hydrogens (tertiary/aromatic N) is 1. The van der Waals surface area contributed by atoms with Crippen molar-refractivity contribution in [3.63, 3.8) is 0 Å². The molecule has 0 amide bonds. The molecule has 100 valence electrons. The fourth-order valence-corrected chi connectivity index (χ4v) is 3.37. The lowest BCUT2D eigenvalue weighted by atomic mass is 10.0. The lowest BCUT2D eigenvalue weighted by Crippen LogP contribution is -2.10. The highest BCUT2D eigenvalue weighted by Gasteiger charge is 2.31. The first-order chi connectivity index (χ1) is 8.45. The summed E-state index contributed by atoms with van der Waals surface area (Å²) >= 11 is 1.42. The number of nitrogens with two attached hydrogens (primary N) is 1. The van der Waals surface area contributed by atoms with Crippen LogP contribution in [0, 0.1) is 0 Å². The van der Waals surface area contributed by atoms with Crippen LogP contribution in [0.4, 0.5) is 19.0 Å². The van der Waals surface area contributed by atoms with Gasteiger partial charge in [-0.05, 0) is 25.0 Å². The van der Waals surface area contributed by atoms with E-state index in [4.69, 9.17) is 5.73 Å². The molecule has 0 saturated heterocycles. The van der Waals surface area contributed by atoms with Crippen LogP contribution < -0.4 is 5.73 Å². The first-order valence-corrected chi connectivity index (χ1v) is 6.84. The van der Waals surface area contributed by atoms with Gasteiger partial charge < -0.3 is 5.73 Å². The number of aromatic nitrogens is 1. The van der Waals surface area contributed by atoms with Crippen LogP contribution >= 0.6 is 11.8 Å². The van der Waals surface area contributed by atoms with Gasteiger partial charge in [0, 0.05) is 5.25 Å². The number of thioether (sulfide) groups is 1. The van der Waals surface area contributed by atoms with Gasteiger partial charge in [0.15, 0.2) is 0 Å². The first kappa shape index (κ1) is 13.5. The fourth-order valence-electron chi connectivity index (χ4n) is 2.10. The van der Waals surface area contributed by atoms with Gasteiger partial charge in [-0.2, -0.15) is 13.2 Å². The van der Waals surface area contributed by atoms with E-state index in [2.05, 4.69) is 4.98 Å². The number of rotatable bonds is 2. The van der Waals surface area contributed by atoms with E-state index in [9.17, 15) is 13.2 Å². The molecule has 1 aromatic heterocycles. The van der Waals surface area contributed by atoms with Gasteiger partial charge in [0.1, 0.15) is 5.82 Å². The third-order valence-corrected chi connectivity index (χ3v) is 4.24. The number of nitrogen functional groups attached to an aromatic ring is 1. The minimum Gasteiger partial charge on any atom is -0.384 e. The molecule has 1 saturated carbocycles. The Bertz CT molecular complexity index is 414. The number of anilines is 1. The lowest BCUT2D eigenvalue weighted by molar-refractivity contribution is -0.137. The zero-order valence-electron chi connectivity index (χ0n) is 9.83. The van der Waals surface area contributed by atoms with Gasteiger partial charge in [-0.15, -0.1) is 11.8 Å². The quantitative estimate of drug-likeness (QED) is 0.883. The molecule has 0 aromatic carbocycles. The average molecular weight is 276 g/mol. The first-order valence-electron chi connectivity index (χ1n) is 5.96. The van der Waals surface area contributed by atoms with E-state index < -0.39 is 11.7 Å². The second kappa shape index (κ2) is 5.38. The summed E-state index contributed by atoms with van der Waals surface area (Å²) in [4.78, 5) is 3.98. The van der Waals surface area contributed by atoms with Gasteiger partial charge in [0.25, 0.3) is 0 Å². The predicted molar refractivity (Wildman–Crippen MR) is 66.4 cm³/mol. The van der Waals surface area contributed by atoms with Crippen molar-refractivity contribution in [1.82, 2.24) is 4.98 Å². The summed E-state index contributed by atoms with van der Waals surface area (Å²) in [6.07, 6.45) is 1.23. The third kappa shape index (κ3) is 3.54. The Morgan fingerprint density at radius 2 is 1.83 bits per heavy atom. The maximum atomic E-state index is 12.6. The van der Waals surface area contributed by atoms with Gasteiger partial charge in [0.2, 0.25) is 0 Å². The average Bonchev–Trinajstić information content (AvgIpc) is 2.28. The van der Waals surface area contributed by atoms with Crippen LogP contribution in [-0.2, 0) is 6.18 Å². The molecule has 0 aliphatic heterocycles. The zero-order valence-corrected chi connectivity index (χ0v) is 10.7. The molecule has 0 bridgehead atoms. The van der Waals surface area contributed by atoms with Crippen LogP contribution in [0.1, 0.15) is 37.7 Å². The molecular weight excluding hydrogens is 261 g/mol. The Morgan fingerprint density at radius 1 is 1.17 bits per heavy atom. The molecule has 1 aromatic rings. The maximum absolute atomic E-state index is 12.6. The highest BCUT2D eigenvalue weighted by atomic mass is 32.2. The zero-order chi connectivity index (χ0) is 13.2. The molecule has 1 heterocycles. The number of hydrogen-bond donors (Lipinski definition) is 1. The molecule has 2 N–H and O–H groups in total. The molecule has 6 heteroatoms. The molecule has 0 spiro atoms. The monoisotopic (exact) mass is 276 g/mol. The minimum atomic E-state index is -4.36. The SMILES string of the molecule is Nc1cc(C(F)(F)F)cc(SC2CCCCC2)n1. The second-order valence-electron chi connectivity index (χ2n) is 4.49. The summed E-state index contributed by atoms with van der Waals surface area (Å²) in [5, 5.41) is 0.753. The molecule has 1 fully saturated rings. The van der Waals surface area contributed by atoms with Crippen LogP contribution in [-0.4, -0.2) is 10.2 Å². The normalized spacial score (nSPS) is 17.9. The van der Waals surface area contributed by atoms with Crippen molar-refractivity contribution >= 4 is 17.6 Å². The van der Waals surface area contributed by atoms with Crippen molar-refractivity contribution < 1.29 is 13.2 Å². The van der Waals surface area contributed by atoms with Gasteiger partial charge in [-0.3, -0.25) is 0 Å². The van der Waals surface area contributed by atoms with Crippen LogP contribution in [0.15, 0.2) is 17.2 Å². The van der Waals surface area contributed by atoms with Crippen LogP contribution in [0.25, 0.3) is 0 Å². The van der Waals surface area contributed by atoms with Gasteiger partial charge in [-0.1, -0.05) is 19.3 Å². The third-order valence-electron chi connectivity index (χ3n) is 2.99. The number of hydrogen-bond acceptors (Lipinski definition) is 3. The molecule has 1 aliphatic carbocycles. The minimum absolute atomic E-state index is 0.0665. The smallest absolute Gasteiger partial charge is 0.384 e. The molecule has 2 rings (SSSR count). The van der Waals surface area contributed by atoms with E-state index in [1.165, 1.54) is 18.2 Å². The Labute approximate surface area is 108 Å². The standard InChI is InChI=1S/C12H15F3N2S/c13-12(14,15)8-6-10(16)17-11(7-8)18-9-4-2-1-3-5-9/h6-7,9H,1-5H2,(H2,16,17). The summed E-state index contributed by atoms with van der Waals surface area (Å²) in [7, 11) is 0. The van der Waals surface area contributed by atoms with Crippen LogP contribution in [0.3, 0.4) is 0 Å². The predicted octanol–water partition coefficient (Wildman–Crippen LogP) is 4.11. The maximum Gasteiger partial charge on any atom is 0.416 e. The van der Waals surface area contributed by atoms with E-state index in [-0.39, 0.29) is 5.82 Å². The summed E-state index contributed by atoms with van der Waals surface area (Å²) in [5.41, 5.74) is 4.72.